The van der Waals surface area contributed by atoms with E-state index < -0.39 is 7.04 Å². The van der Waals surface area contributed by atoms with Crippen LogP contribution in [0.4, 0.5) is 0 Å². The van der Waals surface area contributed by atoms with Gasteiger partial charge in [0.05, 0.1) is 0 Å². The molecule has 0 amide bonds. The maximum atomic E-state index is 5.28. The Labute approximate surface area is 132 Å². The zero-order chi connectivity index (χ0) is 12.4. The zero-order valence-corrected chi connectivity index (χ0v) is 12.9. The molecule has 15 heavy (non-hydrogen) atoms. The second-order valence-electron chi connectivity index (χ2n) is 1.48. The Bertz CT molecular complexity index is 107. The summed E-state index contributed by atoms with van der Waals surface area (Å²) in [4.78, 5) is 0. The van der Waals surface area contributed by atoms with Crippen LogP contribution in [0.15, 0.2) is 13.2 Å². The van der Waals surface area contributed by atoms with Crippen molar-refractivity contribution in [3.63, 3.8) is 0 Å². The minimum Gasteiger partial charge on any atom is -0.127 e. The van der Waals surface area contributed by atoms with Gasteiger partial charge in [0.1, 0.15) is 0 Å². The second-order valence-corrected chi connectivity index (χ2v) is 7.81. The van der Waals surface area contributed by atoms with Crippen molar-refractivity contribution in [3.05, 3.63) is 13.2 Å². The van der Waals surface area contributed by atoms with Crippen LogP contribution in [0.2, 0.25) is 0 Å². The van der Waals surface area contributed by atoms with Crippen LogP contribution in [-0.2, 0) is 0 Å². The fraction of sp³-hybridized carbons (Fsp3) is 0.714. The molecule has 0 N–H and O–H groups in total. The molecule has 0 bridgehead atoms. The lowest BCUT2D eigenvalue weighted by Crippen LogP contribution is -2.01. The van der Waals surface area contributed by atoms with E-state index >= 15 is 0 Å². The predicted molar refractivity (Wildman–Crippen MR) is 79.8 cm³/mol. The maximum absolute atomic E-state index is 5.28. The monoisotopic (exact) mass is 376 g/mol. The summed E-state index contributed by atoms with van der Waals surface area (Å²) in [5.41, 5.74) is 0. The molecular formula is C7H12Cl8. The van der Waals surface area contributed by atoms with Gasteiger partial charge in [-0.05, 0) is 0 Å². The Kier molecular flexibility index (Phi) is 24.3. The molecule has 0 spiro atoms. The highest BCUT2D eigenvalue weighted by atomic mass is 35.6. The van der Waals surface area contributed by atoms with Crippen molar-refractivity contribution in [2.75, 3.05) is 5.88 Å². The lowest BCUT2D eigenvalue weighted by Gasteiger charge is -2.04. The molecule has 0 aliphatic rings. The van der Waals surface area contributed by atoms with Crippen LogP contribution in [0, 0.1) is 0 Å². The van der Waals surface area contributed by atoms with E-state index in [0.29, 0.717) is 12.3 Å². The van der Waals surface area contributed by atoms with Gasteiger partial charge in [-0.2, -0.15) is 0 Å². The van der Waals surface area contributed by atoms with Crippen LogP contribution in [0.5, 0.6) is 0 Å². The van der Waals surface area contributed by atoms with Gasteiger partial charge in [-0.1, -0.05) is 88.6 Å². The zero-order valence-electron chi connectivity index (χ0n) is 6.85. The van der Waals surface area contributed by atoms with Crippen molar-refractivity contribution in [1.29, 1.82) is 0 Å². The normalized spacial score (nSPS) is 9.87. The van der Waals surface area contributed by atoms with Crippen LogP contribution in [0.1, 0.15) is 13.8 Å². The molecule has 0 fully saturated rings. The van der Waals surface area contributed by atoms with E-state index in [-0.39, 0.29) is 7.43 Å². The van der Waals surface area contributed by atoms with Gasteiger partial charge in [-0.15, -0.1) is 24.8 Å². The predicted octanol–water partition coefficient (Wildman–Crippen LogP) is 6.98. The largest absolute Gasteiger partial charge is 0.266 e. The van der Waals surface area contributed by atoms with Crippen molar-refractivity contribution in [2.45, 2.75) is 20.9 Å². The molecule has 0 saturated carbocycles. The van der Waals surface area contributed by atoms with Crippen molar-refractivity contribution < 1.29 is 0 Å². The van der Waals surface area contributed by atoms with Crippen LogP contribution in [0.25, 0.3) is 0 Å². The molecular weight excluding hydrogens is 368 g/mol. The fourth-order valence-corrected chi connectivity index (χ4v) is 0.964. The van der Waals surface area contributed by atoms with E-state index in [4.69, 9.17) is 92.8 Å². The number of hydrogen-bond donors (Lipinski definition) is 0. The van der Waals surface area contributed by atoms with E-state index in [1.54, 1.807) is 0 Å². The van der Waals surface area contributed by atoms with Crippen molar-refractivity contribution in [1.82, 2.24) is 0 Å². The fourth-order valence-electron chi connectivity index (χ4n) is 0.107. The summed E-state index contributed by atoms with van der Waals surface area (Å²) < 4.78 is -2.78. The number of halogens is 8. The third-order valence-electron chi connectivity index (χ3n) is 0.378. The highest BCUT2D eigenvalue weighted by molar-refractivity contribution is 6.83. The van der Waals surface area contributed by atoms with Gasteiger partial charge in [-0.3, -0.25) is 0 Å². The molecule has 96 valence electrons. The molecule has 0 aromatic carbocycles. The lowest BCUT2D eigenvalue weighted by molar-refractivity contribution is 0.983. The average molecular weight is 380 g/mol. The minimum absolute atomic E-state index is 0. The quantitative estimate of drug-likeness (QED) is 0.340. The van der Waals surface area contributed by atoms with Crippen LogP contribution < -0.4 is 0 Å². The second kappa shape index (κ2) is 14.1. The van der Waals surface area contributed by atoms with E-state index in [1.807, 2.05) is 0 Å². The maximum Gasteiger partial charge on any atom is 0.266 e. The van der Waals surface area contributed by atoms with Crippen LogP contribution in [-0.4, -0.2) is 12.9 Å². The van der Waals surface area contributed by atoms with E-state index in [2.05, 4.69) is 13.2 Å². The van der Waals surface area contributed by atoms with E-state index in [0.717, 1.165) is 0 Å². The summed E-state index contributed by atoms with van der Waals surface area (Å²) >= 11 is 40.4. The first-order chi connectivity index (χ1) is 6.06. The lowest BCUT2D eigenvalue weighted by atomic mass is 10.6. The van der Waals surface area contributed by atoms with Gasteiger partial charge in [0.25, 0.3) is 3.25 Å². The van der Waals surface area contributed by atoms with Gasteiger partial charge in [0.15, 0.2) is 3.79 Å². The summed E-state index contributed by atoms with van der Waals surface area (Å²) in [5, 5.41) is 0. The van der Waals surface area contributed by atoms with Gasteiger partial charge < -0.3 is 0 Å². The summed E-state index contributed by atoms with van der Waals surface area (Å²) in [6.07, 6.45) is 0.402. The summed E-state index contributed by atoms with van der Waals surface area (Å²) in [5.74, 6) is 0.385. The number of hydrogen-bond acceptors (Lipinski definition) is 0. The third kappa shape index (κ3) is 86.5. The molecule has 0 radical (unpaired) electrons. The average Bonchev–Trinajstić information content (AvgIpc) is 1.85. The Morgan fingerprint density at radius 3 is 1.00 bits per heavy atom. The highest BCUT2D eigenvalue weighted by Crippen LogP contribution is 2.30. The smallest absolute Gasteiger partial charge is 0.127 e. The van der Waals surface area contributed by atoms with Crippen molar-refractivity contribution >= 4 is 92.8 Å². The SMILES string of the molecule is C.C=C.ClC(Cl)(Cl)Cl.ClCCC(Cl)(Cl)Cl. The van der Waals surface area contributed by atoms with Gasteiger partial charge in [-0.25, -0.2) is 0 Å². The minimum atomic E-state index is -1.61. The van der Waals surface area contributed by atoms with E-state index in [9.17, 15) is 0 Å². The van der Waals surface area contributed by atoms with Gasteiger partial charge in [0.2, 0.25) is 0 Å². The van der Waals surface area contributed by atoms with Gasteiger partial charge >= 0.3 is 0 Å². The summed E-state index contributed by atoms with van der Waals surface area (Å²) in [6.45, 7) is 6.00. The molecule has 0 nitrogen and oxygen atoms in total. The van der Waals surface area contributed by atoms with Crippen molar-refractivity contribution in [2.24, 2.45) is 0 Å². The van der Waals surface area contributed by atoms with Crippen LogP contribution in [0.3, 0.4) is 0 Å². The Hall–Kier alpha value is 2.06. The third-order valence-corrected chi connectivity index (χ3v) is 1.13. The Morgan fingerprint density at radius 2 is 1.00 bits per heavy atom. The molecule has 0 unspecified atom stereocenters. The number of alkyl halides is 8. The first-order valence-electron chi connectivity index (χ1n) is 2.94. The number of rotatable bonds is 1. The van der Waals surface area contributed by atoms with Crippen molar-refractivity contribution in [3.8, 4) is 0 Å². The Balaban J connectivity index is -0.0000000675. The Morgan fingerprint density at radius 1 is 0.800 bits per heavy atom. The standard InChI is InChI=1S/C3H4Cl4.C2H4.CCl4.CH4/c4-2-1-3(5,6)7;1-2;2-1(3,4)5;/h1-2H2;1-2H2;;1H4. The molecule has 0 aromatic heterocycles. The molecule has 0 aliphatic carbocycles. The summed E-state index contributed by atoms with van der Waals surface area (Å²) in [7, 11) is 0. The first-order valence-corrected chi connectivity index (χ1v) is 6.12. The topological polar surface area (TPSA) is 0 Å². The molecule has 0 atom stereocenters. The molecule has 0 saturated heterocycles. The summed E-state index contributed by atoms with van der Waals surface area (Å²) in [6, 6.07) is 0. The molecule has 0 rings (SSSR count). The molecule has 0 aliphatic heterocycles. The molecule has 8 heteroatoms. The first kappa shape index (κ1) is 25.8. The van der Waals surface area contributed by atoms with E-state index in [1.165, 1.54) is 0 Å². The van der Waals surface area contributed by atoms with Gasteiger partial charge in [0, 0.05) is 12.3 Å². The molecule has 0 aromatic rings. The highest BCUT2D eigenvalue weighted by Gasteiger charge is 2.17. The molecule has 0 heterocycles. The van der Waals surface area contributed by atoms with Crippen LogP contribution >= 0.6 is 92.8 Å².